The summed E-state index contributed by atoms with van der Waals surface area (Å²) in [6.45, 7) is 1.83. The summed E-state index contributed by atoms with van der Waals surface area (Å²) in [6, 6.07) is 11.9. The van der Waals surface area contributed by atoms with Gasteiger partial charge in [0, 0.05) is 29.7 Å². The molecule has 5 atom stereocenters. The van der Waals surface area contributed by atoms with Gasteiger partial charge in [-0.1, -0.05) is 18.2 Å². The molecule has 0 radical (unpaired) electrons. The van der Waals surface area contributed by atoms with E-state index in [2.05, 4.69) is 34.1 Å². The number of carbonyl (C=O) groups is 2. The molecule has 3 aromatic rings. The second kappa shape index (κ2) is 10.7. The van der Waals surface area contributed by atoms with E-state index in [0.29, 0.717) is 35.7 Å². The van der Waals surface area contributed by atoms with Crippen molar-refractivity contribution in [1.29, 1.82) is 0 Å². The standard InChI is InChI=1S/C31H36N2O7/c1-36-26-12-17(13-27(37-2)29(26)38-3)30(34)40-19-11-18-16-33-10-9-21-20-7-5-6-8-24(20)32-28(21)25(33)15-22(18)23(14-19)31(35)39-4/h5-8,12-13,18-19,22-23,25,32H,9-11,14-16H2,1-4H3/t18-,19?,22+,23-,25?/m1/s1. The summed E-state index contributed by atoms with van der Waals surface area (Å²) >= 11 is 0. The van der Waals surface area contributed by atoms with E-state index in [1.165, 1.54) is 50.6 Å². The molecule has 2 unspecified atom stereocenters. The average Bonchev–Trinajstić information content (AvgIpc) is 3.37. The van der Waals surface area contributed by atoms with Crippen LogP contribution in [0.4, 0.5) is 0 Å². The zero-order chi connectivity index (χ0) is 28.0. The van der Waals surface area contributed by atoms with Gasteiger partial charge in [-0.05, 0) is 61.3 Å². The van der Waals surface area contributed by atoms with Crippen LogP contribution in [0, 0.1) is 17.8 Å². The molecule has 40 heavy (non-hydrogen) atoms. The summed E-state index contributed by atoms with van der Waals surface area (Å²) in [5.41, 5.74) is 4.16. The van der Waals surface area contributed by atoms with Gasteiger partial charge in [0.15, 0.2) is 11.5 Å². The lowest BCUT2D eigenvalue weighted by Gasteiger charge is -2.51. The molecule has 3 aliphatic rings. The highest BCUT2D eigenvalue weighted by Crippen LogP contribution is 2.50. The summed E-state index contributed by atoms with van der Waals surface area (Å²) in [5, 5.41) is 1.30. The Bertz CT molecular complexity index is 1410. The smallest absolute Gasteiger partial charge is 0.338 e. The molecule has 0 amide bonds. The lowest BCUT2D eigenvalue weighted by atomic mass is 9.65. The van der Waals surface area contributed by atoms with Crippen molar-refractivity contribution in [2.24, 2.45) is 17.8 Å². The molecule has 1 saturated heterocycles. The number of carbonyl (C=O) groups excluding carboxylic acids is 2. The zero-order valence-electron chi connectivity index (χ0n) is 23.4. The largest absolute Gasteiger partial charge is 0.493 e. The number of nitrogens with one attached hydrogen (secondary N) is 1. The van der Waals surface area contributed by atoms with Crippen LogP contribution in [-0.4, -0.2) is 69.5 Å². The molecular formula is C31H36N2O7. The molecule has 1 N–H and O–H groups in total. The van der Waals surface area contributed by atoms with Crippen molar-refractivity contribution >= 4 is 22.8 Å². The molecule has 3 heterocycles. The number of hydrogen-bond donors (Lipinski definition) is 1. The van der Waals surface area contributed by atoms with Crippen molar-refractivity contribution < 1.29 is 33.3 Å². The Balaban J connectivity index is 1.24. The van der Waals surface area contributed by atoms with E-state index in [4.69, 9.17) is 23.7 Å². The fourth-order valence-electron chi connectivity index (χ4n) is 7.31. The number of piperidine rings is 1. The highest BCUT2D eigenvalue weighted by molar-refractivity contribution is 5.91. The number of fused-ring (bicyclic) bond motifs is 6. The number of esters is 2. The number of para-hydroxylation sites is 1. The Morgan fingerprint density at radius 3 is 2.40 bits per heavy atom. The van der Waals surface area contributed by atoms with E-state index in [0.717, 1.165) is 25.9 Å². The number of nitrogens with zero attached hydrogens (tertiary/aromatic N) is 1. The first-order valence-electron chi connectivity index (χ1n) is 13.9. The van der Waals surface area contributed by atoms with Crippen LogP contribution in [0.15, 0.2) is 36.4 Å². The first-order valence-corrected chi connectivity index (χ1v) is 13.9. The van der Waals surface area contributed by atoms with Gasteiger partial charge in [0.25, 0.3) is 0 Å². The average molecular weight is 549 g/mol. The minimum atomic E-state index is -0.485. The van der Waals surface area contributed by atoms with Crippen LogP contribution in [-0.2, 0) is 20.7 Å². The number of aromatic nitrogens is 1. The summed E-state index contributed by atoms with van der Waals surface area (Å²) in [5.74, 6) is 0.488. The molecule has 0 spiro atoms. The van der Waals surface area contributed by atoms with Gasteiger partial charge in [-0.25, -0.2) is 4.79 Å². The third-order valence-corrected chi connectivity index (χ3v) is 9.12. The van der Waals surface area contributed by atoms with E-state index < -0.39 is 12.1 Å². The van der Waals surface area contributed by atoms with E-state index >= 15 is 0 Å². The predicted octanol–water partition coefficient (Wildman–Crippen LogP) is 4.54. The van der Waals surface area contributed by atoms with Gasteiger partial charge in [-0.3, -0.25) is 9.69 Å². The molecule has 1 aliphatic carbocycles. The van der Waals surface area contributed by atoms with Crippen molar-refractivity contribution in [2.45, 2.75) is 37.8 Å². The molecule has 2 aromatic carbocycles. The summed E-state index contributed by atoms with van der Waals surface area (Å²) in [6.07, 6.45) is 2.61. The normalized spacial score (nSPS) is 25.8. The van der Waals surface area contributed by atoms with Gasteiger partial charge in [0.2, 0.25) is 5.75 Å². The van der Waals surface area contributed by atoms with Gasteiger partial charge < -0.3 is 28.7 Å². The third kappa shape index (κ3) is 4.46. The second-order valence-electron chi connectivity index (χ2n) is 11.0. The van der Waals surface area contributed by atoms with Crippen LogP contribution in [0.1, 0.15) is 46.9 Å². The molecule has 9 nitrogen and oxygen atoms in total. The Morgan fingerprint density at radius 1 is 0.950 bits per heavy atom. The van der Waals surface area contributed by atoms with Gasteiger partial charge in [0.05, 0.1) is 46.0 Å². The number of methoxy groups -OCH3 is 4. The monoisotopic (exact) mass is 548 g/mol. The maximum Gasteiger partial charge on any atom is 0.338 e. The highest BCUT2D eigenvalue weighted by Gasteiger charge is 2.49. The molecule has 1 aromatic heterocycles. The maximum atomic E-state index is 13.3. The molecule has 0 bridgehead atoms. The Kier molecular flexibility index (Phi) is 7.08. The quantitative estimate of drug-likeness (QED) is 0.449. The first kappa shape index (κ1) is 26.5. The lowest BCUT2D eigenvalue weighted by Crippen LogP contribution is -2.52. The van der Waals surface area contributed by atoms with Crippen LogP contribution in [0.3, 0.4) is 0 Å². The van der Waals surface area contributed by atoms with Crippen LogP contribution < -0.4 is 14.2 Å². The second-order valence-corrected chi connectivity index (χ2v) is 11.0. The molecular weight excluding hydrogens is 512 g/mol. The molecule has 9 heteroatoms. The van der Waals surface area contributed by atoms with Gasteiger partial charge in [-0.2, -0.15) is 0 Å². The summed E-state index contributed by atoms with van der Waals surface area (Å²) in [7, 11) is 5.96. The fraction of sp³-hybridized carbons (Fsp3) is 0.484. The molecule has 6 rings (SSSR count). The van der Waals surface area contributed by atoms with Gasteiger partial charge >= 0.3 is 11.9 Å². The van der Waals surface area contributed by atoms with Crippen LogP contribution >= 0.6 is 0 Å². The van der Waals surface area contributed by atoms with Crippen molar-refractivity contribution in [1.82, 2.24) is 9.88 Å². The van der Waals surface area contributed by atoms with E-state index in [-0.39, 0.29) is 29.8 Å². The van der Waals surface area contributed by atoms with Crippen LogP contribution in [0.2, 0.25) is 0 Å². The molecule has 2 aliphatic heterocycles. The maximum absolute atomic E-state index is 13.3. The van der Waals surface area contributed by atoms with Crippen molar-refractivity contribution in [2.75, 3.05) is 41.5 Å². The highest BCUT2D eigenvalue weighted by atomic mass is 16.5. The number of hydrogen-bond acceptors (Lipinski definition) is 8. The topological polar surface area (TPSA) is 99.3 Å². The Hall–Kier alpha value is -3.72. The molecule has 1 saturated carbocycles. The first-order chi connectivity index (χ1) is 19.4. The van der Waals surface area contributed by atoms with Crippen LogP contribution in [0.5, 0.6) is 17.2 Å². The van der Waals surface area contributed by atoms with Crippen molar-refractivity contribution in [3.05, 3.63) is 53.2 Å². The third-order valence-electron chi connectivity index (χ3n) is 9.12. The minimum Gasteiger partial charge on any atom is -0.493 e. The van der Waals surface area contributed by atoms with E-state index in [9.17, 15) is 9.59 Å². The minimum absolute atomic E-state index is 0.155. The van der Waals surface area contributed by atoms with Gasteiger partial charge in [-0.15, -0.1) is 0 Å². The number of aromatic amines is 1. The van der Waals surface area contributed by atoms with Crippen molar-refractivity contribution in [3.8, 4) is 17.2 Å². The summed E-state index contributed by atoms with van der Waals surface area (Å²) < 4.78 is 27.5. The number of ether oxygens (including phenoxy) is 5. The number of benzene rings is 2. The Morgan fingerprint density at radius 2 is 1.70 bits per heavy atom. The summed E-state index contributed by atoms with van der Waals surface area (Å²) in [4.78, 5) is 32.6. The lowest BCUT2D eigenvalue weighted by molar-refractivity contribution is -0.155. The molecule has 2 fully saturated rings. The van der Waals surface area contributed by atoms with Gasteiger partial charge in [0.1, 0.15) is 6.10 Å². The number of H-pyrrole nitrogens is 1. The van der Waals surface area contributed by atoms with Crippen molar-refractivity contribution in [3.63, 3.8) is 0 Å². The molecule has 212 valence electrons. The van der Waals surface area contributed by atoms with E-state index in [1.807, 2.05) is 0 Å². The predicted molar refractivity (Wildman–Crippen MR) is 148 cm³/mol. The number of rotatable bonds is 6. The van der Waals surface area contributed by atoms with E-state index in [1.54, 1.807) is 12.1 Å². The Labute approximate surface area is 233 Å². The zero-order valence-corrected chi connectivity index (χ0v) is 23.4. The van der Waals surface area contributed by atoms with Crippen LogP contribution in [0.25, 0.3) is 10.9 Å². The SMILES string of the molecule is COC(=O)[C@@H]1CC(OC(=O)c2cc(OC)c(OC)c(OC)c2)C[C@@H]2CN3CCc4c([nH]c5ccccc45)C3C[C@@H]21. The fourth-order valence-corrected chi connectivity index (χ4v) is 7.31.